The number of rotatable bonds is 5. The maximum atomic E-state index is 12.9. The van der Waals surface area contributed by atoms with Crippen molar-refractivity contribution in [1.29, 1.82) is 0 Å². The second-order valence-electron chi connectivity index (χ2n) is 4.71. The normalized spacial score (nSPS) is 25.2. The molecule has 5 heteroatoms. The molecule has 1 aliphatic rings. The standard InChI is InChI=1S/C14H20FNO2S/c1-2-8-16-13-7-9-18-10-14(13)19(17)12-5-3-11(15)4-6-12/h3-6,13-14,16H,2,7-10H2,1H3. The van der Waals surface area contributed by atoms with Crippen LogP contribution in [-0.2, 0) is 15.5 Å². The lowest BCUT2D eigenvalue weighted by molar-refractivity contribution is 0.0820. The van der Waals surface area contributed by atoms with Crippen molar-refractivity contribution in [3.05, 3.63) is 30.1 Å². The summed E-state index contributed by atoms with van der Waals surface area (Å²) in [6.07, 6.45) is 1.92. The molecule has 0 spiro atoms. The Balaban J connectivity index is 2.08. The summed E-state index contributed by atoms with van der Waals surface area (Å²) in [5.41, 5.74) is 0. The first kappa shape index (κ1) is 14.6. The highest BCUT2D eigenvalue weighted by Crippen LogP contribution is 2.20. The molecule has 1 aromatic carbocycles. The predicted molar refractivity (Wildman–Crippen MR) is 74.1 cm³/mol. The Bertz CT molecular complexity index is 424. The zero-order valence-electron chi connectivity index (χ0n) is 11.1. The zero-order chi connectivity index (χ0) is 13.7. The quantitative estimate of drug-likeness (QED) is 0.900. The van der Waals surface area contributed by atoms with Crippen LogP contribution in [-0.4, -0.2) is 35.3 Å². The predicted octanol–water partition coefficient (Wildman–Crippen LogP) is 2.09. The van der Waals surface area contributed by atoms with Crippen LogP contribution in [0.25, 0.3) is 0 Å². The van der Waals surface area contributed by atoms with E-state index in [0.717, 1.165) is 19.4 Å². The molecule has 1 heterocycles. The van der Waals surface area contributed by atoms with Crippen molar-refractivity contribution < 1.29 is 13.3 Å². The number of ether oxygens (including phenoxy) is 1. The lowest BCUT2D eigenvalue weighted by Gasteiger charge is -2.31. The molecule has 1 aromatic rings. The smallest absolute Gasteiger partial charge is 0.123 e. The fourth-order valence-corrected chi connectivity index (χ4v) is 3.73. The summed E-state index contributed by atoms with van der Waals surface area (Å²) in [5.74, 6) is -0.304. The second kappa shape index (κ2) is 7.12. The average molecular weight is 285 g/mol. The fraction of sp³-hybridized carbons (Fsp3) is 0.571. The molecule has 2 rings (SSSR count). The van der Waals surface area contributed by atoms with E-state index in [9.17, 15) is 8.60 Å². The van der Waals surface area contributed by atoms with E-state index in [4.69, 9.17) is 4.74 Å². The van der Waals surface area contributed by atoms with Crippen LogP contribution in [0.1, 0.15) is 19.8 Å². The summed E-state index contributed by atoms with van der Waals surface area (Å²) in [6, 6.07) is 6.10. The molecule has 0 radical (unpaired) electrons. The van der Waals surface area contributed by atoms with Crippen LogP contribution in [0.15, 0.2) is 29.2 Å². The Morgan fingerprint density at radius 3 is 2.84 bits per heavy atom. The lowest BCUT2D eigenvalue weighted by atomic mass is 10.1. The molecule has 3 nitrogen and oxygen atoms in total. The van der Waals surface area contributed by atoms with E-state index in [-0.39, 0.29) is 17.1 Å². The van der Waals surface area contributed by atoms with E-state index in [2.05, 4.69) is 12.2 Å². The number of hydrogen-bond acceptors (Lipinski definition) is 3. The molecule has 0 bridgehead atoms. The summed E-state index contributed by atoms with van der Waals surface area (Å²) in [7, 11) is -1.17. The van der Waals surface area contributed by atoms with Crippen molar-refractivity contribution in [2.24, 2.45) is 0 Å². The summed E-state index contributed by atoms with van der Waals surface area (Å²) >= 11 is 0. The third-order valence-electron chi connectivity index (χ3n) is 3.28. The van der Waals surface area contributed by atoms with E-state index in [1.54, 1.807) is 12.1 Å². The van der Waals surface area contributed by atoms with E-state index in [1.165, 1.54) is 12.1 Å². The molecular formula is C14H20FNO2S. The van der Waals surface area contributed by atoms with Crippen molar-refractivity contribution in [3.63, 3.8) is 0 Å². The van der Waals surface area contributed by atoms with E-state index >= 15 is 0 Å². The minimum Gasteiger partial charge on any atom is -0.380 e. The minimum absolute atomic E-state index is 0.0641. The molecule has 1 fully saturated rings. The Morgan fingerprint density at radius 2 is 2.16 bits per heavy atom. The maximum absolute atomic E-state index is 12.9. The molecule has 106 valence electrons. The molecule has 19 heavy (non-hydrogen) atoms. The third kappa shape index (κ3) is 3.84. The number of nitrogens with one attached hydrogen (secondary N) is 1. The fourth-order valence-electron chi connectivity index (χ4n) is 2.23. The van der Waals surface area contributed by atoms with E-state index in [0.29, 0.717) is 18.1 Å². The first-order chi connectivity index (χ1) is 9.22. The molecule has 1 saturated heterocycles. The minimum atomic E-state index is -1.17. The highest BCUT2D eigenvalue weighted by Gasteiger charge is 2.30. The van der Waals surface area contributed by atoms with Gasteiger partial charge in [0, 0.05) is 17.5 Å². The van der Waals surface area contributed by atoms with Gasteiger partial charge in [-0.2, -0.15) is 0 Å². The Labute approximate surface area is 116 Å². The molecular weight excluding hydrogens is 265 g/mol. The Hall–Kier alpha value is -0.780. The van der Waals surface area contributed by atoms with E-state index < -0.39 is 10.8 Å². The molecule has 0 aromatic heterocycles. The van der Waals surface area contributed by atoms with Gasteiger partial charge in [-0.15, -0.1) is 0 Å². The molecule has 3 unspecified atom stereocenters. The molecule has 0 saturated carbocycles. The van der Waals surface area contributed by atoms with Gasteiger partial charge in [0.1, 0.15) is 5.82 Å². The van der Waals surface area contributed by atoms with Crippen LogP contribution in [0, 0.1) is 5.82 Å². The SMILES string of the molecule is CCCNC1CCOCC1S(=O)c1ccc(F)cc1. The first-order valence-corrected chi connectivity index (χ1v) is 7.91. The van der Waals surface area contributed by atoms with Gasteiger partial charge in [-0.05, 0) is 43.7 Å². The van der Waals surface area contributed by atoms with Gasteiger partial charge in [0.25, 0.3) is 0 Å². The van der Waals surface area contributed by atoms with Gasteiger partial charge >= 0.3 is 0 Å². The maximum Gasteiger partial charge on any atom is 0.123 e. The van der Waals surface area contributed by atoms with Crippen LogP contribution in [0.4, 0.5) is 4.39 Å². The summed E-state index contributed by atoms with van der Waals surface area (Å²) in [6.45, 7) is 4.23. The van der Waals surface area contributed by atoms with Crippen molar-refractivity contribution in [1.82, 2.24) is 5.32 Å². The van der Waals surface area contributed by atoms with Crippen molar-refractivity contribution in [2.45, 2.75) is 36.0 Å². The Kier molecular flexibility index (Phi) is 5.48. The largest absolute Gasteiger partial charge is 0.380 e. The second-order valence-corrected chi connectivity index (χ2v) is 6.39. The number of benzene rings is 1. The molecule has 3 atom stereocenters. The Morgan fingerprint density at radius 1 is 1.42 bits per heavy atom. The van der Waals surface area contributed by atoms with Gasteiger partial charge in [0.05, 0.1) is 22.7 Å². The summed E-state index contributed by atoms with van der Waals surface area (Å²) in [5, 5.41) is 3.37. The molecule has 1 N–H and O–H groups in total. The summed E-state index contributed by atoms with van der Waals surface area (Å²) < 4.78 is 30.9. The zero-order valence-corrected chi connectivity index (χ0v) is 11.9. The molecule has 0 amide bonds. The van der Waals surface area contributed by atoms with Gasteiger partial charge in [-0.1, -0.05) is 6.92 Å². The van der Waals surface area contributed by atoms with Crippen LogP contribution < -0.4 is 5.32 Å². The average Bonchev–Trinajstić information content (AvgIpc) is 2.45. The topological polar surface area (TPSA) is 38.3 Å². The number of halogens is 1. The van der Waals surface area contributed by atoms with Crippen molar-refractivity contribution in [3.8, 4) is 0 Å². The highest BCUT2D eigenvalue weighted by molar-refractivity contribution is 7.85. The van der Waals surface area contributed by atoms with Gasteiger partial charge in [-0.25, -0.2) is 4.39 Å². The number of hydrogen-bond donors (Lipinski definition) is 1. The van der Waals surface area contributed by atoms with Crippen molar-refractivity contribution >= 4 is 10.8 Å². The van der Waals surface area contributed by atoms with Gasteiger partial charge in [0.15, 0.2) is 0 Å². The van der Waals surface area contributed by atoms with E-state index in [1.807, 2.05) is 0 Å². The lowest BCUT2D eigenvalue weighted by Crippen LogP contribution is -2.48. The van der Waals surface area contributed by atoms with Crippen molar-refractivity contribution in [2.75, 3.05) is 19.8 Å². The van der Waals surface area contributed by atoms with Gasteiger partial charge in [0.2, 0.25) is 0 Å². The third-order valence-corrected chi connectivity index (χ3v) is 5.03. The van der Waals surface area contributed by atoms with Gasteiger partial charge in [-0.3, -0.25) is 4.21 Å². The van der Waals surface area contributed by atoms with Crippen LogP contribution in [0.3, 0.4) is 0 Å². The van der Waals surface area contributed by atoms with Crippen LogP contribution in [0.2, 0.25) is 0 Å². The summed E-state index contributed by atoms with van der Waals surface area (Å²) in [4.78, 5) is 0.667. The van der Waals surface area contributed by atoms with Gasteiger partial charge < -0.3 is 10.1 Å². The monoisotopic (exact) mass is 285 g/mol. The first-order valence-electron chi connectivity index (χ1n) is 6.69. The van der Waals surface area contributed by atoms with Crippen LogP contribution in [0.5, 0.6) is 0 Å². The molecule has 0 aliphatic carbocycles. The highest BCUT2D eigenvalue weighted by atomic mass is 32.2. The molecule has 1 aliphatic heterocycles. The van der Waals surface area contributed by atoms with Crippen LogP contribution >= 0.6 is 0 Å².